The van der Waals surface area contributed by atoms with Crippen molar-refractivity contribution in [2.45, 2.75) is 6.92 Å². The van der Waals surface area contributed by atoms with Gasteiger partial charge in [-0.25, -0.2) is 0 Å². The zero-order valence-electron chi connectivity index (χ0n) is 6.20. The first-order valence-corrected chi connectivity index (χ1v) is 5.19. The molecule has 0 aliphatic heterocycles. The first kappa shape index (κ1) is 7.07. The fourth-order valence-corrected chi connectivity index (χ4v) is 3.13. The van der Waals surface area contributed by atoms with Crippen molar-refractivity contribution in [3.63, 3.8) is 0 Å². The first-order chi connectivity index (χ1) is 5.40. The van der Waals surface area contributed by atoms with E-state index in [1.807, 2.05) is 29.6 Å². The lowest BCUT2D eigenvalue weighted by molar-refractivity contribution is 1.79. The SMILES string of the molecule is C/C=C/c1cc2ccsc2s1. The van der Waals surface area contributed by atoms with E-state index in [0.29, 0.717) is 0 Å². The normalized spacial score (nSPS) is 11.7. The summed E-state index contributed by atoms with van der Waals surface area (Å²) in [6.45, 7) is 2.05. The number of hydrogen-bond acceptors (Lipinski definition) is 2. The van der Waals surface area contributed by atoms with E-state index in [9.17, 15) is 0 Å². The molecule has 0 fully saturated rings. The van der Waals surface area contributed by atoms with Gasteiger partial charge in [-0.1, -0.05) is 6.08 Å². The fraction of sp³-hybridized carbons (Fsp3) is 0.111. The molecule has 2 heteroatoms. The summed E-state index contributed by atoms with van der Waals surface area (Å²) in [5.74, 6) is 0. The van der Waals surface area contributed by atoms with E-state index in [0.717, 1.165) is 0 Å². The van der Waals surface area contributed by atoms with E-state index in [1.54, 1.807) is 0 Å². The Bertz CT molecular complexity index is 350. The minimum absolute atomic E-state index is 1.36. The molecule has 0 aliphatic carbocycles. The lowest BCUT2D eigenvalue weighted by Crippen LogP contribution is -1.52. The summed E-state index contributed by atoms with van der Waals surface area (Å²) in [6.07, 6.45) is 4.23. The maximum Gasteiger partial charge on any atom is 0.0871 e. The quantitative estimate of drug-likeness (QED) is 0.622. The van der Waals surface area contributed by atoms with Crippen LogP contribution >= 0.6 is 22.7 Å². The Hall–Kier alpha value is -0.600. The molecule has 0 bridgehead atoms. The highest BCUT2D eigenvalue weighted by molar-refractivity contribution is 7.37. The molecule has 0 saturated carbocycles. The summed E-state index contributed by atoms with van der Waals surface area (Å²) in [5.41, 5.74) is 0. The van der Waals surface area contributed by atoms with Crippen LogP contribution < -0.4 is 0 Å². The standard InChI is InChI=1S/C9H8S2/c1-2-3-8-6-7-4-5-10-9(7)11-8/h2-6H,1H3/b3-2+. The lowest BCUT2D eigenvalue weighted by Gasteiger charge is -1.76. The molecule has 0 aliphatic rings. The van der Waals surface area contributed by atoms with Crippen molar-refractivity contribution in [3.05, 3.63) is 28.5 Å². The van der Waals surface area contributed by atoms with E-state index in [1.165, 1.54) is 14.3 Å². The molecular weight excluding hydrogens is 172 g/mol. The average Bonchev–Trinajstić information content (AvgIpc) is 2.46. The van der Waals surface area contributed by atoms with Crippen molar-refractivity contribution in [1.29, 1.82) is 0 Å². The summed E-state index contributed by atoms with van der Waals surface area (Å²) in [5, 5.41) is 3.52. The van der Waals surface area contributed by atoms with Crippen molar-refractivity contribution in [3.8, 4) is 0 Å². The van der Waals surface area contributed by atoms with Crippen molar-refractivity contribution in [1.82, 2.24) is 0 Å². The van der Waals surface area contributed by atoms with Crippen LogP contribution in [0.2, 0.25) is 0 Å². The molecule has 2 aromatic rings. The first-order valence-electron chi connectivity index (χ1n) is 3.50. The largest absolute Gasteiger partial charge is 0.133 e. The monoisotopic (exact) mass is 180 g/mol. The number of rotatable bonds is 1. The van der Waals surface area contributed by atoms with Crippen LogP contribution in [0.25, 0.3) is 15.5 Å². The molecule has 0 saturated heterocycles. The molecule has 2 rings (SSSR count). The Morgan fingerprint density at radius 3 is 3.09 bits per heavy atom. The van der Waals surface area contributed by atoms with Gasteiger partial charge in [0.05, 0.1) is 4.01 Å². The molecule has 11 heavy (non-hydrogen) atoms. The van der Waals surface area contributed by atoms with E-state index in [2.05, 4.69) is 29.7 Å². The predicted octanol–water partition coefficient (Wildman–Crippen LogP) is 4.00. The second kappa shape index (κ2) is 2.80. The second-order valence-electron chi connectivity index (χ2n) is 2.31. The highest BCUT2D eigenvalue weighted by Crippen LogP contribution is 2.30. The highest BCUT2D eigenvalue weighted by atomic mass is 32.2. The third kappa shape index (κ3) is 1.24. The van der Waals surface area contributed by atoms with Crippen LogP contribution in [0.1, 0.15) is 11.8 Å². The van der Waals surface area contributed by atoms with Gasteiger partial charge in [-0.05, 0) is 30.5 Å². The molecule has 0 aromatic carbocycles. The van der Waals surface area contributed by atoms with Crippen LogP contribution in [0.3, 0.4) is 0 Å². The van der Waals surface area contributed by atoms with Gasteiger partial charge in [0.2, 0.25) is 0 Å². The van der Waals surface area contributed by atoms with Gasteiger partial charge in [0.15, 0.2) is 0 Å². The number of fused-ring (bicyclic) bond motifs is 1. The van der Waals surface area contributed by atoms with E-state index < -0.39 is 0 Å². The summed E-state index contributed by atoms with van der Waals surface area (Å²) in [7, 11) is 0. The van der Waals surface area contributed by atoms with Gasteiger partial charge in [-0.2, -0.15) is 0 Å². The van der Waals surface area contributed by atoms with Crippen molar-refractivity contribution >= 4 is 38.1 Å². The fourth-order valence-electron chi connectivity index (χ4n) is 1.03. The molecule has 0 spiro atoms. The van der Waals surface area contributed by atoms with Gasteiger partial charge < -0.3 is 0 Å². The molecule has 0 N–H and O–H groups in total. The Balaban J connectivity index is 2.58. The maximum atomic E-state index is 2.23. The number of allylic oxidation sites excluding steroid dienone is 1. The van der Waals surface area contributed by atoms with Crippen molar-refractivity contribution in [2.24, 2.45) is 0 Å². The molecule has 0 radical (unpaired) electrons. The Labute approximate surface area is 73.8 Å². The van der Waals surface area contributed by atoms with Crippen molar-refractivity contribution in [2.75, 3.05) is 0 Å². The van der Waals surface area contributed by atoms with E-state index in [4.69, 9.17) is 0 Å². The third-order valence-corrected chi connectivity index (χ3v) is 3.67. The summed E-state index contributed by atoms with van der Waals surface area (Å²) in [4.78, 5) is 1.36. The molecule has 0 atom stereocenters. The molecule has 0 amide bonds. The van der Waals surface area contributed by atoms with Crippen LogP contribution in [0.4, 0.5) is 0 Å². The van der Waals surface area contributed by atoms with Gasteiger partial charge in [0.1, 0.15) is 0 Å². The topological polar surface area (TPSA) is 0 Å². The Kier molecular flexibility index (Phi) is 1.80. The summed E-state index contributed by atoms with van der Waals surface area (Å²) in [6, 6.07) is 4.40. The molecular formula is C9H8S2. The third-order valence-electron chi connectivity index (χ3n) is 1.50. The maximum absolute atomic E-state index is 2.23. The van der Waals surface area contributed by atoms with E-state index in [-0.39, 0.29) is 0 Å². The van der Waals surface area contributed by atoms with Gasteiger partial charge in [0.25, 0.3) is 0 Å². The predicted molar refractivity (Wildman–Crippen MR) is 54.4 cm³/mol. The zero-order valence-corrected chi connectivity index (χ0v) is 7.84. The average molecular weight is 180 g/mol. The van der Waals surface area contributed by atoms with Gasteiger partial charge in [0, 0.05) is 10.3 Å². The molecule has 0 nitrogen and oxygen atoms in total. The van der Waals surface area contributed by atoms with Gasteiger partial charge in [-0.3, -0.25) is 0 Å². The van der Waals surface area contributed by atoms with Gasteiger partial charge >= 0.3 is 0 Å². The Morgan fingerprint density at radius 1 is 1.45 bits per heavy atom. The van der Waals surface area contributed by atoms with Gasteiger partial charge in [-0.15, -0.1) is 22.7 Å². The highest BCUT2D eigenvalue weighted by Gasteiger charge is 1.98. The number of thiophene rings is 2. The van der Waals surface area contributed by atoms with Crippen LogP contribution in [-0.2, 0) is 0 Å². The smallest absolute Gasteiger partial charge is 0.0871 e. The molecule has 2 aromatic heterocycles. The minimum atomic E-state index is 1.36. The number of hydrogen-bond donors (Lipinski definition) is 0. The van der Waals surface area contributed by atoms with E-state index >= 15 is 0 Å². The lowest BCUT2D eigenvalue weighted by atomic mass is 10.3. The Morgan fingerprint density at radius 2 is 2.36 bits per heavy atom. The summed E-state index contributed by atoms with van der Waals surface area (Å²) >= 11 is 3.68. The summed E-state index contributed by atoms with van der Waals surface area (Å²) < 4.78 is 1.43. The van der Waals surface area contributed by atoms with Crippen molar-refractivity contribution < 1.29 is 0 Å². The van der Waals surface area contributed by atoms with Crippen LogP contribution in [0.15, 0.2) is 23.6 Å². The second-order valence-corrected chi connectivity index (χ2v) is 4.57. The van der Waals surface area contributed by atoms with Crippen LogP contribution in [0.5, 0.6) is 0 Å². The minimum Gasteiger partial charge on any atom is -0.133 e. The molecule has 56 valence electrons. The van der Waals surface area contributed by atoms with Crippen LogP contribution in [0, 0.1) is 0 Å². The molecule has 2 heterocycles. The molecule has 0 unspecified atom stereocenters. The zero-order chi connectivity index (χ0) is 7.68. The van der Waals surface area contributed by atoms with Crippen LogP contribution in [-0.4, -0.2) is 0 Å².